The minimum atomic E-state index is -0.0828. The highest BCUT2D eigenvalue weighted by Crippen LogP contribution is 2.18. The third-order valence-corrected chi connectivity index (χ3v) is 2.62. The van der Waals surface area contributed by atoms with Crippen LogP contribution in [0.2, 0.25) is 0 Å². The first-order valence-corrected chi connectivity index (χ1v) is 6.11. The van der Waals surface area contributed by atoms with Crippen molar-refractivity contribution in [3.63, 3.8) is 0 Å². The summed E-state index contributed by atoms with van der Waals surface area (Å²) < 4.78 is 5.56. The van der Waals surface area contributed by atoms with Crippen LogP contribution < -0.4 is 10.1 Å². The molecule has 0 bridgehead atoms. The summed E-state index contributed by atoms with van der Waals surface area (Å²) in [6, 6.07) is 8.03. The van der Waals surface area contributed by atoms with Crippen LogP contribution in [0.3, 0.4) is 0 Å². The minimum absolute atomic E-state index is 0.0828. The maximum absolute atomic E-state index is 9.17. The second kappa shape index (κ2) is 6.62. The van der Waals surface area contributed by atoms with Gasteiger partial charge in [-0.3, -0.25) is 0 Å². The van der Waals surface area contributed by atoms with Crippen molar-refractivity contribution < 1.29 is 9.84 Å². The standard InChI is InChI=1S/C14H23NO2/c1-4-17-13-8-6-5-7-12(13)9-15-10-14(2,3)11-16/h5-8,15-16H,4,9-11H2,1-3H3. The van der Waals surface area contributed by atoms with Crippen LogP contribution in [0.1, 0.15) is 26.3 Å². The van der Waals surface area contributed by atoms with Gasteiger partial charge < -0.3 is 15.2 Å². The molecular weight excluding hydrogens is 214 g/mol. The smallest absolute Gasteiger partial charge is 0.123 e. The first kappa shape index (κ1) is 14.0. The topological polar surface area (TPSA) is 41.5 Å². The molecule has 0 aliphatic carbocycles. The number of aliphatic hydroxyl groups is 1. The third-order valence-electron chi connectivity index (χ3n) is 2.62. The van der Waals surface area contributed by atoms with Crippen LogP contribution >= 0.6 is 0 Å². The van der Waals surface area contributed by atoms with Gasteiger partial charge in [-0.1, -0.05) is 32.0 Å². The second-order valence-corrected chi connectivity index (χ2v) is 4.97. The molecule has 3 nitrogen and oxygen atoms in total. The summed E-state index contributed by atoms with van der Waals surface area (Å²) in [7, 11) is 0. The zero-order chi connectivity index (χ0) is 12.7. The molecule has 96 valence electrons. The van der Waals surface area contributed by atoms with Gasteiger partial charge >= 0.3 is 0 Å². The molecule has 1 aromatic rings. The summed E-state index contributed by atoms with van der Waals surface area (Å²) in [5.41, 5.74) is 1.07. The summed E-state index contributed by atoms with van der Waals surface area (Å²) in [4.78, 5) is 0. The first-order valence-electron chi connectivity index (χ1n) is 6.11. The van der Waals surface area contributed by atoms with E-state index in [1.165, 1.54) is 0 Å². The number of hydrogen-bond acceptors (Lipinski definition) is 3. The summed E-state index contributed by atoms with van der Waals surface area (Å²) in [5, 5.41) is 12.5. The van der Waals surface area contributed by atoms with Gasteiger partial charge in [0.25, 0.3) is 0 Å². The van der Waals surface area contributed by atoms with E-state index in [4.69, 9.17) is 9.84 Å². The van der Waals surface area contributed by atoms with Crippen molar-refractivity contribution in [3.05, 3.63) is 29.8 Å². The molecular formula is C14H23NO2. The Morgan fingerprint density at radius 2 is 2.00 bits per heavy atom. The van der Waals surface area contributed by atoms with E-state index in [9.17, 15) is 0 Å². The van der Waals surface area contributed by atoms with E-state index in [0.717, 1.165) is 24.4 Å². The van der Waals surface area contributed by atoms with Crippen molar-refractivity contribution >= 4 is 0 Å². The lowest BCUT2D eigenvalue weighted by molar-refractivity contribution is 0.156. The van der Waals surface area contributed by atoms with Crippen LogP contribution in [0, 0.1) is 5.41 Å². The van der Waals surface area contributed by atoms with Gasteiger partial charge in [0.05, 0.1) is 6.61 Å². The predicted molar refractivity (Wildman–Crippen MR) is 70.2 cm³/mol. The van der Waals surface area contributed by atoms with Crippen LogP contribution in [-0.4, -0.2) is 24.9 Å². The zero-order valence-corrected chi connectivity index (χ0v) is 11.0. The van der Waals surface area contributed by atoms with Crippen LogP contribution in [0.4, 0.5) is 0 Å². The van der Waals surface area contributed by atoms with Crippen molar-refractivity contribution in [2.24, 2.45) is 5.41 Å². The Labute approximate surface area is 104 Å². The molecule has 1 rings (SSSR count). The van der Waals surface area contributed by atoms with Gasteiger partial charge in [-0.2, -0.15) is 0 Å². The van der Waals surface area contributed by atoms with Crippen LogP contribution in [0.15, 0.2) is 24.3 Å². The predicted octanol–water partition coefficient (Wildman–Crippen LogP) is 2.19. The van der Waals surface area contributed by atoms with E-state index in [0.29, 0.717) is 6.61 Å². The first-order chi connectivity index (χ1) is 8.09. The molecule has 0 unspecified atom stereocenters. The third kappa shape index (κ3) is 4.75. The molecule has 0 amide bonds. The number of hydrogen-bond donors (Lipinski definition) is 2. The Balaban J connectivity index is 2.51. The van der Waals surface area contributed by atoms with Gasteiger partial charge in [-0.25, -0.2) is 0 Å². The highest BCUT2D eigenvalue weighted by atomic mass is 16.5. The molecule has 0 atom stereocenters. The molecule has 0 radical (unpaired) electrons. The molecule has 2 N–H and O–H groups in total. The van der Waals surface area contributed by atoms with Gasteiger partial charge in [0.2, 0.25) is 0 Å². The van der Waals surface area contributed by atoms with Gasteiger partial charge in [-0.15, -0.1) is 0 Å². The van der Waals surface area contributed by atoms with Crippen molar-refractivity contribution in [2.45, 2.75) is 27.3 Å². The van der Waals surface area contributed by atoms with Crippen LogP contribution in [0.5, 0.6) is 5.75 Å². The van der Waals surface area contributed by atoms with E-state index in [1.807, 2.05) is 39.0 Å². The molecule has 1 aromatic carbocycles. The largest absolute Gasteiger partial charge is 0.494 e. The molecule has 0 spiro atoms. The summed E-state index contributed by atoms with van der Waals surface area (Å²) >= 11 is 0. The van der Waals surface area contributed by atoms with E-state index >= 15 is 0 Å². The van der Waals surface area contributed by atoms with E-state index < -0.39 is 0 Å². The molecule has 0 saturated carbocycles. The fraction of sp³-hybridized carbons (Fsp3) is 0.571. The van der Waals surface area contributed by atoms with E-state index in [-0.39, 0.29) is 12.0 Å². The zero-order valence-electron chi connectivity index (χ0n) is 11.0. The molecule has 17 heavy (non-hydrogen) atoms. The Bertz CT molecular complexity index is 337. The van der Waals surface area contributed by atoms with Gasteiger partial charge in [0, 0.05) is 30.7 Å². The summed E-state index contributed by atoms with van der Waals surface area (Å²) in [5.74, 6) is 0.935. The quantitative estimate of drug-likeness (QED) is 0.764. The minimum Gasteiger partial charge on any atom is -0.494 e. The number of nitrogens with one attached hydrogen (secondary N) is 1. The van der Waals surface area contributed by atoms with Crippen molar-refractivity contribution in [1.29, 1.82) is 0 Å². The van der Waals surface area contributed by atoms with Gasteiger partial charge in [0.15, 0.2) is 0 Å². The number of aliphatic hydroxyl groups excluding tert-OH is 1. The lowest BCUT2D eigenvalue weighted by atomic mass is 9.95. The Kier molecular flexibility index (Phi) is 5.45. The fourth-order valence-corrected chi connectivity index (χ4v) is 1.54. The highest BCUT2D eigenvalue weighted by Gasteiger charge is 2.15. The lowest BCUT2D eigenvalue weighted by Gasteiger charge is -2.22. The van der Waals surface area contributed by atoms with Gasteiger partial charge in [0.1, 0.15) is 5.75 Å². The maximum atomic E-state index is 9.17. The van der Waals surface area contributed by atoms with Crippen LogP contribution in [-0.2, 0) is 6.54 Å². The fourth-order valence-electron chi connectivity index (χ4n) is 1.54. The van der Waals surface area contributed by atoms with Crippen molar-refractivity contribution in [3.8, 4) is 5.75 Å². The Morgan fingerprint density at radius 3 is 2.65 bits per heavy atom. The normalized spacial score (nSPS) is 11.5. The molecule has 0 aliphatic heterocycles. The Hall–Kier alpha value is -1.06. The second-order valence-electron chi connectivity index (χ2n) is 4.97. The Morgan fingerprint density at radius 1 is 1.29 bits per heavy atom. The summed E-state index contributed by atoms with van der Waals surface area (Å²) in [6.07, 6.45) is 0. The van der Waals surface area contributed by atoms with Crippen molar-refractivity contribution in [2.75, 3.05) is 19.8 Å². The molecule has 3 heteroatoms. The highest BCUT2D eigenvalue weighted by molar-refractivity contribution is 5.33. The summed E-state index contributed by atoms with van der Waals surface area (Å²) in [6.45, 7) is 8.47. The number of ether oxygens (including phenoxy) is 1. The lowest BCUT2D eigenvalue weighted by Crippen LogP contribution is -2.31. The molecule has 0 fully saturated rings. The number of rotatable bonds is 7. The average molecular weight is 237 g/mol. The monoisotopic (exact) mass is 237 g/mol. The van der Waals surface area contributed by atoms with Crippen LogP contribution in [0.25, 0.3) is 0 Å². The molecule has 0 saturated heterocycles. The molecule has 0 aromatic heterocycles. The molecule has 0 aliphatic rings. The average Bonchev–Trinajstić information content (AvgIpc) is 2.31. The van der Waals surface area contributed by atoms with E-state index in [1.54, 1.807) is 0 Å². The van der Waals surface area contributed by atoms with Gasteiger partial charge in [-0.05, 0) is 13.0 Å². The number of benzene rings is 1. The van der Waals surface area contributed by atoms with E-state index in [2.05, 4.69) is 11.4 Å². The molecule has 0 heterocycles. The SMILES string of the molecule is CCOc1ccccc1CNCC(C)(C)CO. The number of para-hydroxylation sites is 1. The maximum Gasteiger partial charge on any atom is 0.123 e. The van der Waals surface area contributed by atoms with Crippen molar-refractivity contribution in [1.82, 2.24) is 5.32 Å².